The van der Waals surface area contributed by atoms with Gasteiger partial charge in [0.05, 0.1) is 5.02 Å². The molecule has 2 aromatic rings. The molecule has 10 heteroatoms. The van der Waals surface area contributed by atoms with Crippen molar-refractivity contribution in [3.63, 3.8) is 0 Å². The summed E-state index contributed by atoms with van der Waals surface area (Å²) in [6, 6.07) is 2.32. The number of sulfonamides is 1. The van der Waals surface area contributed by atoms with E-state index in [1.807, 2.05) is 14.1 Å². The third-order valence-corrected chi connectivity index (χ3v) is 7.01. The van der Waals surface area contributed by atoms with Gasteiger partial charge >= 0.3 is 0 Å². The summed E-state index contributed by atoms with van der Waals surface area (Å²) < 4.78 is 47.6. The first-order valence-electron chi connectivity index (χ1n) is 8.52. The maximum Gasteiger partial charge on any atom is 0.266 e. The first kappa shape index (κ1) is 20.3. The van der Waals surface area contributed by atoms with Gasteiger partial charge in [-0.1, -0.05) is 18.0 Å². The van der Waals surface area contributed by atoms with Crippen molar-refractivity contribution in [2.45, 2.75) is 42.7 Å². The lowest BCUT2D eigenvalue weighted by Crippen LogP contribution is -2.44. The van der Waals surface area contributed by atoms with Gasteiger partial charge in [0.2, 0.25) is 0 Å². The fourth-order valence-electron chi connectivity index (χ4n) is 3.22. The predicted molar refractivity (Wildman–Crippen MR) is 105 cm³/mol. The van der Waals surface area contributed by atoms with E-state index in [9.17, 15) is 12.8 Å². The average Bonchev–Trinajstić information content (AvgIpc) is 3.10. The fourth-order valence-corrected chi connectivity index (χ4v) is 5.37. The maximum atomic E-state index is 14.6. The van der Waals surface area contributed by atoms with Crippen molar-refractivity contribution in [1.82, 2.24) is 9.88 Å². The van der Waals surface area contributed by atoms with Crippen molar-refractivity contribution in [2.24, 2.45) is 0 Å². The van der Waals surface area contributed by atoms with Crippen molar-refractivity contribution in [1.29, 1.82) is 0 Å². The lowest BCUT2D eigenvalue weighted by Gasteiger charge is -2.36. The minimum absolute atomic E-state index is 0.0546. The molecule has 1 aliphatic carbocycles. The Morgan fingerprint density at radius 2 is 2.07 bits per heavy atom. The van der Waals surface area contributed by atoms with Crippen LogP contribution >= 0.6 is 22.9 Å². The van der Waals surface area contributed by atoms with Crippen molar-refractivity contribution < 1.29 is 17.5 Å². The molecular formula is C17H21ClFN3O3S2. The molecule has 1 aliphatic rings. The second kappa shape index (κ2) is 8.30. The molecule has 1 aromatic carbocycles. The molecular weight excluding hydrogens is 413 g/mol. The Morgan fingerprint density at radius 3 is 2.74 bits per heavy atom. The molecule has 0 amide bonds. The molecule has 0 aliphatic heterocycles. The number of likely N-dealkylation sites (N-methyl/N-ethyl adjacent to an activating group) is 1. The van der Waals surface area contributed by atoms with E-state index in [4.69, 9.17) is 16.3 Å². The third-order valence-electron chi connectivity index (χ3n) is 4.54. The Hall–Kier alpha value is -1.42. The van der Waals surface area contributed by atoms with E-state index in [1.54, 1.807) is 5.38 Å². The molecule has 3 rings (SSSR count). The molecule has 0 saturated heterocycles. The van der Waals surface area contributed by atoms with Gasteiger partial charge < -0.3 is 9.64 Å². The second-order valence-corrected chi connectivity index (χ2v) is 9.58. The standard InChI is InChI=1S/C17H21ClFN3O3S2/c1-22(2)13-5-3-4-6-14(13)25-15-10-12(19)16(9-11(15)18)27(23,24)21-17-20-7-8-26-17/h7-10,13-14H,3-6H2,1-2H3,(H,20,21)/t13-,14-/m1/s1. The number of aromatic nitrogens is 1. The Kier molecular flexibility index (Phi) is 6.25. The quantitative estimate of drug-likeness (QED) is 0.745. The van der Waals surface area contributed by atoms with Crippen LogP contribution in [0.3, 0.4) is 0 Å². The molecule has 27 heavy (non-hydrogen) atoms. The number of nitrogens with zero attached hydrogens (tertiary/aromatic N) is 2. The van der Waals surface area contributed by atoms with Gasteiger partial charge in [0.1, 0.15) is 22.6 Å². The summed E-state index contributed by atoms with van der Waals surface area (Å²) in [6.45, 7) is 0. The molecule has 0 spiro atoms. The van der Waals surface area contributed by atoms with Crippen LogP contribution in [-0.2, 0) is 10.0 Å². The Labute approximate surface area is 167 Å². The highest BCUT2D eigenvalue weighted by atomic mass is 35.5. The maximum absolute atomic E-state index is 14.6. The smallest absolute Gasteiger partial charge is 0.266 e. The van der Waals surface area contributed by atoms with Crippen LogP contribution in [0.5, 0.6) is 5.75 Å². The van der Waals surface area contributed by atoms with Gasteiger partial charge in [0.15, 0.2) is 5.13 Å². The van der Waals surface area contributed by atoms with E-state index in [0.717, 1.165) is 49.2 Å². The summed E-state index contributed by atoms with van der Waals surface area (Å²) in [5, 5.41) is 1.82. The number of rotatable bonds is 6. The Morgan fingerprint density at radius 1 is 1.33 bits per heavy atom. The van der Waals surface area contributed by atoms with E-state index in [0.29, 0.717) is 0 Å². The lowest BCUT2D eigenvalue weighted by atomic mass is 9.91. The molecule has 1 heterocycles. The van der Waals surface area contributed by atoms with E-state index in [2.05, 4.69) is 14.6 Å². The molecule has 0 unspecified atom stereocenters. The lowest BCUT2D eigenvalue weighted by molar-refractivity contribution is 0.0620. The summed E-state index contributed by atoms with van der Waals surface area (Å²) >= 11 is 7.32. The van der Waals surface area contributed by atoms with Gasteiger partial charge in [-0.3, -0.25) is 4.72 Å². The topological polar surface area (TPSA) is 71.5 Å². The number of hydrogen-bond acceptors (Lipinski definition) is 6. The number of ether oxygens (including phenoxy) is 1. The molecule has 1 aromatic heterocycles. The zero-order valence-electron chi connectivity index (χ0n) is 15.0. The number of hydrogen-bond donors (Lipinski definition) is 1. The largest absolute Gasteiger partial charge is 0.487 e. The Balaban J connectivity index is 1.84. The number of halogens is 2. The summed E-state index contributed by atoms with van der Waals surface area (Å²) in [5.74, 6) is -0.767. The molecule has 1 saturated carbocycles. The molecule has 2 atom stereocenters. The highest BCUT2D eigenvalue weighted by Gasteiger charge is 2.30. The summed E-state index contributed by atoms with van der Waals surface area (Å²) in [5.41, 5.74) is 0. The van der Waals surface area contributed by atoms with Crippen LogP contribution in [0.4, 0.5) is 9.52 Å². The summed E-state index contributed by atoms with van der Waals surface area (Å²) in [7, 11) is -0.174. The summed E-state index contributed by atoms with van der Waals surface area (Å²) in [6.07, 6.45) is 5.30. The molecule has 6 nitrogen and oxygen atoms in total. The number of benzene rings is 1. The zero-order valence-corrected chi connectivity index (χ0v) is 17.4. The van der Waals surface area contributed by atoms with Gasteiger partial charge in [0.25, 0.3) is 10.0 Å². The van der Waals surface area contributed by atoms with Crippen molar-refractivity contribution in [2.75, 3.05) is 18.8 Å². The van der Waals surface area contributed by atoms with Gasteiger partial charge in [0, 0.05) is 23.7 Å². The van der Waals surface area contributed by atoms with Gasteiger partial charge in [-0.15, -0.1) is 11.3 Å². The van der Waals surface area contributed by atoms with Crippen molar-refractivity contribution >= 4 is 38.1 Å². The first-order valence-corrected chi connectivity index (χ1v) is 11.3. The van der Waals surface area contributed by atoms with Crippen molar-refractivity contribution in [3.8, 4) is 5.75 Å². The molecule has 1 N–H and O–H groups in total. The summed E-state index contributed by atoms with van der Waals surface area (Å²) in [4.78, 5) is 5.39. The van der Waals surface area contributed by atoms with E-state index in [-0.39, 0.29) is 28.0 Å². The Bertz CT molecular complexity index is 891. The zero-order chi connectivity index (χ0) is 19.6. The van der Waals surface area contributed by atoms with Crippen LogP contribution in [0.25, 0.3) is 0 Å². The molecule has 1 fully saturated rings. The van der Waals surface area contributed by atoms with E-state index >= 15 is 0 Å². The minimum atomic E-state index is -4.14. The highest BCUT2D eigenvalue weighted by molar-refractivity contribution is 7.93. The van der Waals surface area contributed by atoms with Gasteiger partial charge in [-0.25, -0.2) is 17.8 Å². The normalized spacial score (nSPS) is 20.6. The van der Waals surface area contributed by atoms with Crippen LogP contribution in [0, 0.1) is 5.82 Å². The SMILES string of the molecule is CN(C)[C@@H]1CCCC[C@H]1Oc1cc(F)c(S(=O)(=O)Nc2nccs2)cc1Cl. The molecule has 148 valence electrons. The van der Waals surface area contributed by atoms with Crippen LogP contribution in [0.2, 0.25) is 5.02 Å². The van der Waals surface area contributed by atoms with E-state index < -0.39 is 20.7 Å². The van der Waals surface area contributed by atoms with Crippen LogP contribution in [-0.4, -0.2) is 44.5 Å². The number of anilines is 1. The fraction of sp³-hybridized carbons (Fsp3) is 0.471. The monoisotopic (exact) mass is 433 g/mol. The number of nitrogens with one attached hydrogen (secondary N) is 1. The van der Waals surface area contributed by atoms with Crippen molar-refractivity contribution in [3.05, 3.63) is 34.5 Å². The van der Waals surface area contributed by atoms with E-state index in [1.165, 1.54) is 6.20 Å². The highest BCUT2D eigenvalue weighted by Crippen LogP contribution is 2.34. The first-order chi connectivity index (χ1) is 12.8. The predicted octanol–water partition coefficient (Wildman–Crippen LogP) is 3.99. The second-order valence-electron chi connectivity index (χ2n) is 6.63. The average molecular weight is 434 g/mol. The molecule has 0 bridgehead atoms. The van der Waals surface area contributed by atoms with Crippen LogP contribution < -0.4 is 9.46 Å². The van der Waals surface area contributed by atoms with Crippen LogP contribution in [0.1, 0.15) is 25.7 Å². The van der Waals surface area contributed by atoms with Gasteiger partial charge in [-0.05, 0) is 39.4 Å². The third kappa shape index (κ3) is 4.71. The minimum Gasteiger partial charge on any atom is -0.487 e. The van der Waals surface area contributed by atoms with Crippen LogP contribution in [0.15, 0.2) is 28.6 Å². The van der Waals surface area contributed by atoms with Gasteiger partial charge in [-0.2, -0.15) is 0 Å². The molecule has 0 radical (unpaired) electrons. The number of thiazole rings is 1.